The molecule has 0 unspecified atom stereocenters. The van der Waals surface area contributed by atoms with Gasteiger partial charge in [0.15, 0.2) is 0 Å². The third kappa shape index (κ3) is 6.17. The molecule has 4 heteroatoms. The first-order valence-corrected chi connectivity index (χ1v) is 12.1. The van der Waals surface area contributed by atoms with E-state index in [-0.39, 0.29) is 17.8 Å². The Balaban J connectivity index is 1.83. The van der Waals surface area contributed by atoms with Crippen molar-refractivity contribution in [2.75, 3.05) is 6.26 Å². The van der Waals surface area contributed by atoms with E-state index in [4.69, 9.17) is 9.84 Å². The fraction of sp³-hybridized carbons (Fsp3) is 0.321. The van der Waals surface area contributed by atoms with Crippen molar-refractivity contribution in [2.45, 2.75) is 57.0 Å². The Labute approximate surface area is 195 Å². The molecule has 1 N–H and O–H groups in total. The van der Waals surface area contributed by atoms with Crippen molar-refractivity contribution < 1.29 is 14.6 Å². The lowest BCUT2D eigenvalue weighted by molar-refractivity contribution is -0.137. The standard InChI is InChI=1S/C28H32O3S/c1-19(14-27(29)30)21-8-6-10-23(16-21)31-18-20-12-13-25(26(15-20)28(2,3)4)22-9-7-11-24(17-22)32-5/h6-13,15-17,19H,14,18H2,1-5H3,(H,29,30)/t19-/m0/s1. The Kier molecular flexibility index (Phi) is 7.68. The molecule has 3 aromatic rings. The van der Waals surface area contributed by atoms with Crippen molar-refractivity contribution in [3.63, 3.8) is 0 Å². The second-order valence-electron chi connectivity index (χ2n) is 9.22. The lowest BCUT2D eigenvalue weighted by atomic mass is 9.81. The van der Waals surface area contributed by atoms with Gasteiger partial charge in [-0.25, -0.2) is 0 Å². The molecule has 3 aromatic carbocycles. The molecule has 32 heavy (non-hydrogen) atoms. The minimum absolute atomic E-state index is 0.00706. The van der Waals surface area contributed by atoms with Gasteiger partial charge in [-0.15, -0.1) is 11.8 Å². The van der Waals surface area contributed by atoms with E-state index in [9.17, 15) is 4.79 Å². The summed E-state index contributed by atoms with van der Waals surface area (Å²) in [6.45, 7) is 9.10. The first-order valence-electron chi connectivity index (χ1n) is 10.9. The fourth-order valence-electron chi connectivity index (χ4n) is 3.80. The summed E-state index contributed by atoms with van der Waals surface area (Å²) in [7, 11) is 0. The molecule has 0 bridgehead atoms. The normalized spacial score (nSPS) is 12.4. The number of hydrogen-bond donors (Lipinski definition) is 1. The number of thioether (sulfide) groups is 1. The summed E-state index contributed by atoms with van der Waals surface area (Å²) >= 11 is 1.75. The number of hydrogen-bond acceptors (Lipinski definition) is 3. The Morgan fingerprint density at radius 2 is 1.78 bits per heavy atom. The smallest absolute Gasteiger partial charge is 0.303 e. The van der Waals surface area contributed by atoms with Crippen LogP contribution in [-0.4, -0.2) is 17.3 Å². The van der Waals surface area contributed by atoms with Crippen LogP contribution in [-0.2, 0) is 16.8 Å². The van der Waals surface area contributed by atoms with Gasteiger partial charge in [0.05, 0.1) is 6.42 Å². The van der Waals surface area contributed by atoms with Crippen molar-refractivity contribution in [1.82, 2.24) is 0 Å². The van der Waals surface area contributed by atoms with E-state index in [1.807, 2.05) is 31.2 Å². The van der Waals surface area contributed by atoms with Crippen LogP contribution in [0.3, 0.4) is 0 Å². The van der Waals surface area contributed by atoms with Crippen LogP contribution < -0.4 is 4.74 Å². The largest absolute Gasteiger partial charge is 0.489 e. The van der Waals surface area contributed by atoms with E-state index in [0.29, 0.717) is 6.61 Å². The van der Waals surface area contributed by atoms with Crippen molar-refractivity contribution in [1.29, 1.82) is 0 Å². The zero-order chi connectivity index (χ0) is 23.3. The van der Waals surface area contributed by atoms with Gasteiger partial charge in [0.25, 0.3) is 0 Å². The Hall–Kier alpha value is -2.72. The van der Waals surface area contributed by atoms with Crippen molar-refractivity contribution in [3.8, 4) is 16.9 Å². The van der Waals surface area contributed by atoms with E-state index in [1.165, 1.54) is 21.6 Å². The average Bonchev–Trinajstić information content (AvgIpc) is 2.76. The quantitative estimate of drug-likeness (QED) is 0.362. The molecule has 0 amide bonds. The number of carboxylic acids is 1. The lowest BCUT2D eigenvalue weighted by Gasteiger charge is -2.24. The van der Waals surface area contributed by atoms with Crippen LogP contribution in [0.4, 0.5) is 0 Å². The molecule has 0 aliphatic rings. The number of carbonyl (C=O) groups is 1. The number of rotatable bonds is 8. The molecule has 0 heterocycles. The van der Waals surface area contributed by atoms with Crippen LogP contribution >= 0.6 is 11.8 Å². The highest BCUT2D eigenvalue weighted by molar-refractivity contribution is 7.98. The molecule has 0 fully saturated rings. The highest BCUT2D eigenvalue weighted by Gasteiger charge is 2.20. The summed E-state index contributed by atoms with van der Waals surface area (Å²) in [5.74, 6) is -0.0876. The summed E-state index contributed by atoms with van der Waals surface area (Å²) in [6.07, 6.45) is 2.21. The molecule has 3 rings (SSSR count). The topological polar surface area (TPSA) is 46.5 Å². The van der Waals surface area contributed by atoms with Gasteiger partial charge in [-0.3, -0.25) is 4.79 Å². The molecule has 0 saturated carbocycles. The van der Waals surface area contributed by atoms with E-state index in [0.717, 1.165) is 16.9 Å². The third-order valence-corrected chi connectivity index (χ3v) is 6.31. The van der Waals surface area contributed by atoms with Crippen LogP contribution in [0.25, 0.3) is 11.1 Å². The summed E-state index contributed by atoms with van der Waals surface area (Å²) in [4.78, 5) is 12.3. The third-order valence-electron chi connectivity index (χ3n) is 5.59. The second kappa shape index (κ2) is 10.3. The molecular weight excluding hydrogens is 416 g/mol. The molecule has 3 nitrogen and oxygen atoms in total. The molecule has 0 aliphatic heterocycles. The van der Waals surface area contributed by atoms with Crippen molar-refractivity contribution >= 4 is 17.7 Å². The highest BCUT2D eigenvalue weighted by Crippen LogP contribution is 2.35. The van der Waals surface area contributed by atoms with Gasteiger partial charge < -0.3 is 9.84 Å². The second-order valence-corrected chi connectivity index (χ2v) is 10.1. The zero-order valence-corrected chi connectivity index (χ0v) is 20.3. The van der Waals surface area contributed by atoms with Gasteiger partial charge in [0.1, 0.15) is 12.4 Å². The minimum Gasteiger partial charge on any atom is -0.489 e. The Bertz CT molecular complexity index is 1080. The maximum Gasteiger partial charge on any atom is 0.303 e. The minimum atomic E-state index is -0.790. The summed E-state index contributed by atoms with van der Waals surface area (Å²) in [5.41, 5.74) is 5.86. The maximum atomic E-state index is 11.0. The summed E-state index contributed by atoms with van der Waals surface area (Å²) < 4.78 is 6.09. The van der Waals surface area contributed by atoms with E-state index in [2.05, 4.69) is 69.5 Å². The van der Waals surface area contributed by atoms with Crippen molar-refractivity contribution in [2.24, 2.45) is 0 Å². The van der Waals surface area contributed by atoms with Gasteiger partial charge in [-0.05, 0) is 69.7 Å². The number of carboxylic acid groups (broad SMARTS) is 1. The molecule has 0 radical (unpaired) electrons. The number of aliphatic carboxylic acids is 1. The van der Waals surface area contributed by atoms with E-state index < -0.39 is 5.97 Å². The predicted molar refractivity (Wildman–Crippen MR) is 134 cm³/mol. The first-order chi connectivity index (χ1) is 15.2. The number of ether oxygens (including phenoxy) is 1. The molecular formula is C28H32O3S. The van der Waals surface area contributed by atoms with Gasteiger partial charge in [-0.1, -0.05) is 70.2 Å². The van der Waals surface area contributed by atoms with Gasteiger partial charge in [0.2, 0.25) is 0 Å². The monoisotopic (exact) mass is 448 g/mol. The molecule has 0 spiro atoms. The van der Waals surface area contributed by atoms with E-state index in [1.54, 1.807) is 11.8 Å². The Morgan fingerprint density at radius 1 is 1.03 bits per heavy atom. The average molecular weight is 449 g/mol. The fourth-order valence-corrected chi connectivity index (χ4v) is 4.26. The van der Waals surface area contributed by atoms with Crippen LogP contribution in [0.1, 0.15) is 56.7 Å². The first kappa shape index (κ1) is 23.9. The van der Waals surface area contributed by atoms with E-state index >= 15 is 0 Å². The maximum absolute atomic E-state index is 11.0. The van der Waals surface area contributed by atoms with Crippen LogP contribution in [0.5, 0.6) is 5.75 Å². The van der Waals surface area contributed by atoms with Crippen LogP contribution in [0.2, 0.25) is 0 Å². The molecule has 0 saturated heterocycles. The van der Waals surface area contributed by atoms with Gasteiger partial charge >= 0.3 is 5.97 Å². The molecule has 0 aromatic heterocycles. The van der Waals surface area contributed by atoms with Crippen LogP contribution in [0.15, 0.2) is 71.6 Å². The molecule has 0 aliphatic carbocycles. The zero-order valence-electron chi connectivity index (χ0n) is 19.5. The lowest BCUT2D eigenvalue weighted by Crippen LogP contribution is -2.14. The van der Waals surface area contributed by atoms with Gasteiger partial charge in [-0.2, -0.15) is 0 Å². The number of benzene rings is 3. The molecule has 168 valence electrons. The molecule has 1 atom stereocenters. The SMILES string of the molecule is CSc1cccc(-c2ccc(COc3cccc([C@@H](C)CC(=O)O)c3)cc2C(C)(C)C)c1. The van der Waals surface area contributed by atoms with Crippen LogP contribution in [0, 0.1) is 0 Å². The highest BCUT2D eigenvalue weighted by atomic mass is 32.2. The summed E-state index contributed by atoms with van der Waals surface area (Å²) in [5, 5.41) is 9.06. The Morgan fingerprint density at radius 3 is 2.47 bits per heavy atom. The predicted octanol–water partition coefficient (Wildman–Crippen LogP) is 7.53. The van der Waals surface area contributed by atoms with Crippen molar-refractivity contribution in [3.05, 3.63) is 83.4 Å². The van der Waals surface area contributed by atoms with Gasteiger partial charge in [0, 0.05) is 4.90 Å². The summed E-state index contributed by atoms with van der Waals surface area (Å²) in [6, 6.07) is 23.0.